The molecule has 130 valence electrons. The van der Waals surface area contributed by atoms with Crippen LogP contribution in [0, 0.1) is 6.92 Å². The third-order valence-electron chi connectivity index (χ3n) is 4.24. The van der Waals surface area contributed by atoms with Gasteiger partial charge in [-0.25, -0.2) is 0 Å². The summed E-state index contributed by atoms with van der Waals surface area (Å²) in [6.07, 6.45) is 1.80. The van der Waals surface area contributed by atoms with E-state index in [0.717, 1.165) is 44.8 Å². The van der Waals surface area contributed by atoms with Gasteiger partial charge in [0.2, 0.25) is 0 Å². The molecule has 0 atom stereocenters. The Morgan fingerprint density at radius 3 is 2.69 bits per heavy atom. The van der Waals surface area contributed by atoms with Crippen molar-refractivity contribution in [3.8, 4) is 0 Å². The summed E-state index contributed by atoms with van der Waals surface area (Å²) in [5.74, 6) is 1.67. The Morgan fingerprint density at radius 2 is 1.85 bits per heavy atom. The number of aromatic nitrogens is 4. The van der Waals surface area contributed by atoms with Gasteiger partial charge in [-0.1, -0.05) is 59.8 Å². The van der Waals surface area contributed by atoms with Gasteiger partial charge < -0.3 is 4.57 Å². The van der Waals surface area contributed by atoms with Gasteiger partial charge >= 0.3 is 0 Å². The van der Waals surface area contributed by atoms with Crippen molar-refractivity contribution in [3.05, 3.63) is 82.8 Å². The van der Waals surface area contributed by atoms with E-state index < -0.39 is 0 Å². The Labute approximate surface area is 161 Å². The lowest BCUT2D eigenvalue weighted by molar-refractivity contribution is 0.688. The molecule has 0 saturated heterocycles. The van der Waals surface area contributed by atoms with E-state index in [1.807, 2.05) is 49.4 Å². The third kappa shape index (κ3) is 3.45. The van der Waals surface area contributed by atoms with Gasteiger partial charge in [-0.05, 0) is 36.2 Å². The molecule has 4 rings (SSSR count). The number of hydrogen-bond donors (Lipinski definition) is 0. The van der Waals surface area contributed by atoms with Crippen LogP contribution in [0.2, 0.25) is 5.02 Å². The molecule has 0 saturated carbocycles. The summed E-state index contributed by atoms with van der Waals surface area (Å²) in [6.45, 7) is 2.75. The maximum atomic E-state index is 6.29. The average Bonchev–Trinajstić information content (AvgIpc) is 3.02. The summed E-state index contributed by atoms with van der Waals surface area (Å²) < 4.78 is 2.14. The number of pyridine rings is 1. The second-order valence-electron chi connectivity index (χ2n) is 6.00. The lowest BCUT2D eigenvalue weighted by atomic mass is 10.1. The first-order valence-electron chi connectivity index (χ1n) is 8.31. The van der Waals surface area contributed by atoms with Crippen LogP contribution in [0.4, 0.5) is 0 Å². The molecule has 6 heteroatoms. The molecule has 0 fully saturated rings. The van der Waals surface area contributed by atoms with Crippen LogP contribution in [-0.4, -0.2) is 19.7 Å². The van der Waals surface area contributed by atoms with Crippen molar-refractivity contribution in [1.82, 2.24) is 19.7 Å². The Kier molecular flexibility index (Phi) is 4.91. The van der Waals surface area contributed by atoms with E-state index in [1.165, 1.54) is 5.56 Å². The number of rotatable bonds is 5. The van der Waals surface area contributed by atoms with Crippen LogP contribution in [0.15, 0.2) is 66.0 Å². The number of thioether (sulfide) groups is 1. The Morgan fingerprint density at radius 1 is 1.00 bits per heavy atom. The standard InChI is InChI=1S/C20H17ClN4S/c1-14-23-24-20(25(14)12-15-6-3-2-4-7-15)26-13-16-9-10-18(21)17-8-5-11-22-19(16)17/h2-11H,12-13H2,1H3. The summed E-state index contributed by atoms with van der Waals surface area (Å²) in [4.78, 5) is 4.51. The molecule has 0 radical (unpaired) electrons. The highest BCUT2D eigenvalue weighted by Gasteiger charge is 2.12. The minimum absolute atomic E-state index is 0.727. The first kappa shape index (κ1) is 17.1. The Bertz CT molecular complexity index is 1050. The zero-order valence-corrected chi connectivity index (χ0v) is 15.8. The van der Waals surface area contributed by atoms with Gasteiger partial charge in [0.25, 0.3) is 0 Å². The molecule has 26 heavy (non-hydrogen) atoms. The van der Waals surface area contributed by atoms with E-state index in [2.05, 4.69) is 31.9 Å². The summed E-state index contributed by atoms with van der Waals surface area (Å²) in [7, 11) is 0. The van der Waals surface area contributed by atoms with E-state index in [0.29, 0.717) is 0 Å². The van der Waals surface area contributed by atoms with Crippen LogP contribution in [0.3, 0.4) is 0 Å². The minimum Gasteiger partial charge on any atom is -0.302 e. The predicted octanol–water partition coefficient (Wildman–Crippen LogP) is 5.13. The van der Waals surface area contributed by atoms with Crippen LogP contribution in [0.25, 0.3) is 10.9 Å². The molecule has 2 heterocycles. The SMILES string of the molecule is Cc1nnc(SCc2ccc(Cl)c3cccnc23)n1Cc1ccccc1. The smallest absolute Gasteiger partial charge is 0.191 e. The molecule has 4 nitrogen and oxygen atoms in total. The molecule has 0 N–H and O–H groups in total. The quantitative estimate of drug-likeness (QED) is 0.450. The van der Waals surface area contributed by atoms with Gasteiger partial charge in [-0.15, -0.1) is 10.2 Å². The zero-order chi connectivity index (χ0) is 17.9. The number of hydrogen-bond acceptors (Lipinski definition) is 4. The molecule has 0 aliphatic rings. The van der Waals surface area contributed by atoms with E-state index in [9.17, 15) is 0 Å². The monoisotopic (exact) mass is 380 g/mol. The number of halogens is 1. The number of aryl methyl sites for hydroxylation is 1. The molecule has 2 aromatic heterocycles. The topological polar surface area (TPSA) is 43.6 Å². The van der Waals surface area contributed by atoms with Gasteiger partial charge in [0.1, 0.15) is 5.82 Å². The first-order valence-corrected chi connectivity index (χ1v) is 9.67. The molecule has 2 aromatic carbocycles. The van der Waals surface area contributed by atoms with Crippen molar-refractivity contribution >= 4 is 34.3 Å². The fourth-order valence-electron chi connectivity index (χ4n) is 2.87. The van der Waals surface area contributed by atoms with Gasteiger partial charge in [-0.2, -0.15) is 0 Å². The molecule has 0 unspecified atom stereocenters. The average molecular weight is 381 g/mol. The van der Waals surface area contributed by atoms with Crippen LogP contribution in [0.5, 0.6) is 0 Å². The van der Waals surface area contributed by atoms with Gasteiger partial charge in [0.05, 0.1) is 12.1 Å². The highest BCUT2D eigenvalue weighted by Crippen LogP contribution is 2.29. The molecule has 0 amide bonds. The molecular formula is C20H17ClN4S. The summed E-state index contributed by atoms with van der Waals surface area (Å²) in [5.41, 5.74) is 3.32. The molecule has 0 aliphatic carbocycles. The lowest BCUT2D eigenvalue weighted by Crippen LogP contribution is -2.04. The zero-order valence-electron chi connectivity index (χ0n) is 14.3. The van der Waals surface area contributed by atoms with Gasteiger partial charge in [-0.3, -0.25) is 4.98 Å². The van der Waals surface area contributed by atoms with Crippen molar-refractivity contribution in [2.75, 3.05) is 0 Å². The van der Waals surface area contributed by atoms with Crippen molar-refractivity contribution in [1.29, 1.82) is 0 Å². The Hall–Kier alpha value is -2.37. The van der Waals surface area contributed by atoms with Crippen LogP contribution >= 0.6 is 23.4 Å². The molecule has 0 aliphatic heterocycles. The van der Waals surface area contributed by atoms with E-state index in [-0.39, 0.29) is 0 Å². The normalized spacial score (nSPS) is 11.2. The highest BCUT2D eigenvalue weighted by molar-refractivity contribution is 7.98. The predicted molar refractivity (Wildman–Crippen MR) is 107 cm³/mol. The van der Waals surface area contributed by atoms with Crippen molar-refractivity contribution in [3.63, 3.8) is 0 Å². The fourth-order valence-corrected chi connectivity index (χ4v) is 4.06. The molecule has 0 bridgehead atoms. The first-order chi connectivity index (χ1) is 12.7. The second-order valence-corrected chi connectivity index (χ2v) is 7.35. The largest absolute Gasteiger partial charge is 0.302 e. The van der Waals surface area contributed by atoms with Gasteiger partial charge in [0, 0.05) is 22.4 Å². The highest BCUT2D eigenvalue weighted by atomic mass is 35.5. The van der Waals surface area contributed by atoms with Crippen LogP contribution < -0.4 is 0 Å². The van der Waals surface area contributed by atoms with Crippen molar-refractivity contribution in [2.45, 2.75) is 24.4 Å². The van der Waals surface area contributed by atoms with Crippen LogP contribution in [-0.2, 0) is 12.3 Å². The molecule has 0 spiro atoms. The molecular weight excluding hydrogens is 364 g/mol. The van der Waals surface area contributed by atoms with E-state index in [1.54, 1.807) is 18.0 Å². The van der Waals surface area contributed by atoms with Crippen LogP contribution in [0.1, 0.15) is 17.0 Å². The number of fused-ring (bicyclic) bond motifs is 1. The van der Waals surface area contributed by atoms with E-state index >= 15 is 0 Å². The minimum atomic E-state index is 0.727. The van der Waals surface area contributed by atoms with Gasteiger partial charge in [0.15, 0.2) is 5.16 Å². The summed E-state index contributed by atoms with van der Waals surface area (Å²) >= 11 is 7.96. The fraction of sp³-hybridized carbons (Fsp3) is 0.150. The second kappa shape index (κ2) is 7.48. The Balaban J connectivity index is 1.59. The lowest BCUT2D eigenvalue weighted by Gasteiger charge is -2.10. The maximum Gasteiger partial charge on any atom is 0.191 e. The van der Waals surface area contributed by atoms with Crippen molar-refractivity contribution < 1.29 is 0 Å². The third-order valence-corrected chi connectivity index (χ3v) is 5.59. The van der Waals surface area contributed by atoms with Crippen molar-refractivity contribution in [2.24, 2.45) is 0 Å². The van der Waals surface area contributed by atoms with E-state index in [4.69, 9.17) is 11.6 Å². The maximum absolute atomic E-state index is 6.29. The number of benzene rings is 2. The molecule has 4 aromatic rings. The number of nitrogens with zero attached hydrogens (tertiary/aromatic N) is 4. The summed E-state index contributed by atoms with van der Waals surface area (Å²) in [5, 5.41) is 11.2. The summed E-state index contributed by atoms with van der Waals surface area (Å²) in [6, 6.07) is 18.2.